The SMILES string of the molecule is CO/N=C1/CCCc2c1ccc(OC)c2CC(O)CO. The molecule has 0 fully saturated rings. The Hall–Kier alpha value is -1.59. The highest BCUT2D eigenvalue weighted by Crippen LogP contribution is 2.32. The van der Waals surface area contributed by atoms with Crippen molar-refractivity contribution < 1.29 is 19.8 Å². The quantitative estimate of drug-likeness (QED) is 0.796. The highest BCUT2D eigenvalue weighted by molar-refractivity contribution is 6.02. The molecule has 110 valence electrons. The van der Waals surface area contributed by atoms with Crippen molar-refractivity contribution in [1.29, 1.82) is 0 Å². The molecule has 1 aliphatic carbocycles. The number of benzene rings is 1. The largest absolute Gasteiger partial charge is 0.496 e. The minimum absolute atomic E-state index is 0.258. The van der Waals surface area contributed by atoms with Crippen LogP contribution < -0.4 is 4.74 Å². The topological polar surface area (TPSA) is 71.3 Å². The van der Waals surface area contributed by atoms with E-state index in [-0.39, 0.29) is 6.61 Å². The fraction of sp³-hybridized carbons (Fsp3) is 0.533. The summed E-state index contributed by atoms with van der Waals surface area (Å²) in [5.41, 5.74) is 4.07. The molecule has 0 radical (unpaired) electrons. The molecule has 1 aliphatic rings. The number of ether oxygens (including phenoxy) is 1. The number of hydrogen-bond donors (Lipinski definition) is 2. The molecule has 0 saturated carbocycles. The zero-order chi connectivity index (χ0) is 14.5. The van der Waals surface area contributed by atoms with E-state index in [9.17, 15) is 5.11 Å². The first kappa shape index (κ1) is 14.8. The molecule has 1 atom stereocenters. The minimum atomic E-state index is -0.778. The molecular weight excluding hydrogens is 258 g/mol. The van der Waals surface area contributed by atoms with Gasteiger partial charge in [-0.3, -0.25) is 0 Å². The first-order chi connectivity index (χ1) is 9.71. The summed E-state index contributed by atoms with van der Waals surface area (Å²) in [7, 11) is 3.16. The van der Waals surface area contributed by atoms with Crippen LogP contribution in [0, 0.1) is 0 Å². The molecule has 1 unspecified atom stereocenters. The molecule has 0 saturated heterocycles. The Kier molecular flexibility index (Phi) is 4.98. The summed E-state index contributed by atoms with van der Waals surface area (Å²) in [5.74, 6) is 0.745. The first-order valence-corrected chi connectivity index (χ1v) is 6.79. The molecule has 0 amide bonds. The van der Waals surface area contributed by atoms with Crippen molar-refractivity contribution in [2.45, 2.75) is 31.8 Å². The Balaban J connectivity index is 2.48. The van der Waals surface area contributed by atoms with E-state index in [1.165, 1.54) is 0 Å². The number of methoxy groups -OCH3 is 1. The summed E-state index contributed by atoms with van der Waals surface area (Å²) in [6.45, 7) is -0.258. The van der Waals surface area contributed by atoms with Crippen molar-refractivity contribution in [3.8, 4) is 5.75 Å². The zero-order valence-electron chi connectivity index (χ0n) is 11.9. The number of rotatable bonds is 5. The predicted molar refractivity (Wildman–Crippen MR) is 76.3 cm³/mol. The highest BCUT2D eigenvalue weighted by Gasteiger charge is 2.23. The van der Waals surface area contributed by atoms with Crippen LogP contribution in [-0.2, 0) is 17.7 Å². The van der Waals surface area contributed by atoms with Crippen LogP contribution in [0.3, 0.4) is 0 Å². The molecule has 1 aromatic rings. The van der Waals surface area contributed by atoms with Gasteiger partial charge < -0.3 is 19.8 Å². The van der Waals surface area contributed by atoms with Gasteiger partial charge in [0.2, 0.25) is 0 Å². The van der Waals surface area contributed by atoms with E-state index in [1.54, 1.807) is 14.2 Å². The van der Waals surface area contributed by atoms with Gasteiger partial charge in [-0.15, -0.1) is 0 Å². The smallest absolute Gasteiger partial charge is 0.122 e. The predicted octanol–water partition coefficient (Wildman–Crippen LogP) is 1.28. The maximum absolute atomic E-state index is 9.74. The van der Waals surface area contributed by atoms with Crippen molar-refractivity contribution in [1.82, 2.24) is 0 Å². The second-order valence-corrected chi connectivity index (χ2v) is 4.89. The maximum Gasteiger partial charge on any atom is 0.122 e. The van der Waals surface area contributed by atoms with Gasteiger partial charge in [-0.2, -0.15) is 0 Å². The number of fused-ring (bicyclic) bond motifs is 1. The molecular formula is C15H21NO4. The van der Waals surface area contributed by atoms with Gasteiger partial charge in [0.15, 0.2) is 0 Å². The monoisotopic (exact) mass is 279 g/mol. The van der Waals surface area contributed by atoms with Gasteiger partial charge in [-0.05, 0) is 37.0 Å². The third-order valence-electron chi connectivity index (χ3n) is 3.61. The standard InChI is InChI=1S/C15H21NO4/c1-19-15-7-6-12-11(13(15)8-10(18)9-17)4-3-5-14(12)16-20-2/h6-7,10,17-18H,3-5,8-9H2,1-2H3/b16-14-. The lowest BCUT2D eigenvalue weighted by Gasteiger charge is -2.23. The molecule has 20 heavy (non-hydrogen) atoms. The van der Waals surface area contributed by atoms with Crippen LogP contribution in [0.5, 0.6) is 5.75 Å². The van der Waals surface area contributed by atoms with E-state index in [1.807, 2.05) is 12.1 Å². The van der Waals surface area contributed by atoms with Crippen LogP contribution in [0.25, 0.3) is 0 Å². The molecule has 0 spiro atoms. The molecule has 5 heteroatoms. The Labute approximate surface area is 118 Å². The van der Waals surface area contributed by atoms with Gasteiger partial charge >= 0.3 is 0 Å². The molecule has 5 nitrogen and oxygen atoms in total. The van der Waals surface area contributed by atoms with Crippen molar-refractivity contribution >= 4 is 5.71 Å². The number of oxime groups is 1. The average molecular weight is 279 g/mol. The van der Waals surface area contributed by atoms with Crippen LogP contribution in [-0.4, -0.2) is 42.9 Å². The van der Waals surface area contributed by atoms with Gasteiger partial charge in [0.1, 0.15) is 12.9 Å². The van der Waals surface area contributed by atoms with E-state index in [4.69, 9.17) is 14.7 Å². The van der Waals surface area contributed by atoms with E-state index in [2.05, 4.69) is 5.16 Å². The van der Waals surface area contributed by atoms with Crippen LogP contribution in [0.1, 0.15) is 29.5 Å². The summed E-state index contributed by atoms with van der Waals surface area (Å²) in [6, 6.07) is 3.87. The minimum Gasteiger partial charge on any atom is -0.496 e. The zero-order valence-corrected chi connectivity index (χ0v) is 11.9. The normalized spacial score (nSPS) is 17.7. The number of aliphatic hydroxyl groups excluding tert-OH is 2. The van der Waals surface area contributed by atoms with Crippen LogP contribution >= 0.6 is 0 Å². The second-order valence-electron chi connectivity index (χ2n) is 4.89. The van der Waals surface area contributed by atoms with E-state index in [0.717, 1.165) is 47.4 Å². The lowest BCUT2D eigenvalue weighted by molar-refractivity contribution is 0.0948. The molecule has 2 N–H and O–H groups in total. The van der Waals surface area contributed by atoms with Crippen molar-refractivity contribution in [3.05, 3.63) is 28.8 Å². The lowest BCUT2D eigenvalue weighted by Crippen LogP contribution is -2.20. The maximum atomic E-state index is 9.74. The second kappa shape index (κ2) is 6.72. The molecule has 0 aliphatic heterocycles. The summed E-state index contributed by atoms with van der Waals surface area (Å²) in [6.07, 6.45) is 2.39. The number of nitrogens with zero attached hydrogens (tertiary/aromatic N) is 1. The van der Waals surface area contributed by atoms with Crippen LogP contribution in [0.15, 0.2) is 17.3 Å². The molecule has 0 bridgehead atoms. The van der Waals surface area contributed by atoms with Gasteiger partial charge in [0.05, 0.1) is 25.5 Å². The third-order valence-corrected chi connectivity index (χ3v) is 3.61. The Morgan fingerprint density at radius 3 is 2.75 bits per heavy atom. The third kappa shape index (κ3) is 2.94. The van der Waals surface area contributed by atoms with Gasteiger partial charge in [0.25, 0.3) is 0 Å². The first-order valence-electron chi connectivity index (χ1n) is 6.79. The van der Waals surface area contributed by atoms with E-state index in [0.29, 0.717) is 6.42 Å². The lowest BCUT2D eigenvalue weighted by atomic mass is 9.85. The summed E-state index contributed by atoms with van der Waals surface area (Å²) < 4.78 is 5.39. The molecule has 0 aromatic heterocycles. The summed E-state index contributed by atoms with van der Waals surface area (Å²) in [4.78, 5) is 4.90. The van der Waals surface area contributed by atoms with Gasteiger partial charge in [-0.25, -0.2) is 0 Å². The van der Waals surface area contributed by atoms with Crippen LogP contribution in [0.2, 0.25) is 0 Å². The summed E-state index contributed by atoms with van der Waals surface area (Å²) in [5, 5.41) is 22.9. The molecule has 2 rings (SSSR count). The summed E-state index contributed by atoms with van der Waals surface area (Å²) >= 11 is 0. The average Bonchev–Trinajstić information content (AvgIpc) is 2.48. The molecule has 1 aromatic carbocycles. The van der Waals surface area contributed by atoms with Gasteiger partial charge in [0, 0.05) is 17.5 Å². The fourth-order valence-corrected chi connectivity index (χ4v) is 2.71. The van der Waals surface area contributed by atoms with Crippen molar-refractivity contribution in [2.75, 3.05) is 20.8 Å². The van der Waals surface area contributed by atoms with Crippen molar-refractivity contribution in [3.63, 3.8) is 0 Å². The Morgan fingerprint density at radius 1 is 1.30 bits per heavy atom. The Morgan fingerprint density at radius 2 is 2.10 bits per heavy atom. The highest BCUT2D eigenvalue weighted by atomic mass is 16.6. The molecule has 0 heterocycles. The van der Waals surface area contributed by atoms with Gasteiger partial charge in [-0.1, -0.05) is 5.16 Å². The van der Waals surface area contributed by atoms with E-state index >= 15 is 0 Å². The van der Waals surface area contributed by atoms with E-state index < -0.39 is 6.10 Å². The number of hydrogen-bond acceptors (Lipinski definition) is 5. The van der Waals surface area contributed by atoms with Crippen LogP contribution in [0.4, 0.5) is 0 Å². The Bertz CT molecular complexity index is 499. The number of aliphatic hydroxyl groups is 2. The fourth-order valence-electron chi connectivity index (χ4n) is 2.71. The van der Waals surface area contributed by atoms with Crippen molar-refractivity contribution in [2.24, 2.45) is 5.16 Å².